The van der Waals surface area contributed by atoms with Crippen LogP contribution in [0.4, 0.5) is 11.4 Å². The van der Waals surface area contributed by atoms with Crippen LogP contribution in [0, 0.1) is 0 Å². The van der Waals surface area contributed by atoms with Gasteiger partial charge in [-0.05, 0) is 43.2 Å². The molecule has 0 spiro atoms. The lowest BCUT2D eigenvalue weighted by Crippen LogP contribution is -2.33. The number of nitrogens with one attached hydrogen (secondary N) is 2. The summed E-state index contributed by atoms with van der Waals surface area (Å²) in [5, 5.41) is 6.18. The SMILES string of the molecule is COC(=O)c1cccc(Nc2ccc(C(=O)NC3CCCC3)nc2)c1. The fourth-order valence-corrected chi connectivity index (χ4v) is 2.94. The molecule has 3 rings (SSSR count). The molecule has 0 radical (unpaired) electrons. The number of ether oxygens (including phenoxy) is 1. The van der Waals surface area contributed by atoms with Crippen LogP contribution in [0.25, 0.3) is 0 Å². The number of hydrogen-bond donors (Lipinski definition) is 2. The molecule has 1 amide bonds. The molecule has 130 valence electrons. The van der Waals surface area contributed by atoms with E-state index in [1.165, 1.54) is 20.0 Å². The van der Waals surface area contributed by atoms with Crippen LogP contribution in [0.15, 0.2) is 42.6 Å². The Morgan fingerprint density at radius 2 is 1.92 bits per heavy atom. The predicted molar refractivity (Wildman–Crippen MR) is 95.0 cm³/mol. The zero-order chi connectivity index (χ0) is 17.6. The van der Waals surface area contributed by atoms with Crippen molar-refractivity contribution < 1.29 is 14.3 Å². The molecule has 2 aromatic rings. The van der Waals surface area contributed by atoms with Crippen LogP contribution in [0.1, 0.15) is 46.5 Å². The number of anilines is 2. The van der Waals surface area contributed by atoms with E-state index in [9.17, 15) is 9.59 Å². The van der Waals surface area contributed by atoms with Gasteiger partial charge in [0.1, 0.15) is 5.69 Å². The van der Waals surface area contributed by atoms with Gasteiger partial charge in [0.25, 0.3) is 5.91 Å². The molecule has 6 nitrogen and oxygen atoms in total. The molecule has 0 atom stereocenters. The summed E-state index contributed by atoms with van der Waals surface area (Å²) in [7, 11) is 1.35. The van der Waals surface area contributed by atoms with E-state index in [2.05, 4.69) is 15.6 Å². The number of pyridine rings is 1. The maximum atomic E-state index is 12.2. The standard InChI is InChI=1S/C19H21N3O3/c1-25-19(24)13-5-4-8-15(11-13)21-16-9-10-17(20-12-16)18(23)22-14-6-2-3-7-14/h4-5,8-12,14,21H,2-3,6-7H2,1H3,(H,22,23). The molecule has 1 aliphatic rings. The lowest BCUT2D eigenvalue weighted by Gasteiger charge is -2.12. The average Bonchev–Trinajstić information content (AvgIpc) is 3.15. The Kier molecular flexibility index (Phi) is 5.28. The van der Waals surface area contributed by atoms with E-state index in [4.69, 9.17) is 4.74 Å². The maximum Gasteiger partial charge on any atom is 0.337 e. The van der Waals surface area contributed by atoms with Gasteiger partial charge in [0.15, 0.2) is 0 Å². The van der Waals surface area contributed by atoms with E-state index >= 15 is 0 Å². The van der Waals surface area contributed by atoms with Gasteiger partial charge in [0.05, 0.1) is 24.6 Å². The van der Waals surface area contributed by atoms with Gasteiger partial charge in [-0.2, -0.15) is 0 Å². The highest BCUT2D eigenvalue weighted by Gasteiger charge is 2.18. The quantitative estimate of drug-likeness (QED) is 0.817. The summed E-state index contributed by atoms with van der Waals surface area (Å²) in [6, 6.07) is 10.8. The van der Waals surface area contributed by atoms with Gasteiger partial charge >= 0.3 is 5.97 Å². The van der Waals surface area contributed by atoms with Crippen molar-refractivity contribution in [1.29, 1.82) is 0 Å². The number of aromatic nitrogens is 1. The topological polar surface area (TPSA) is 80.3 Å². The summed E-state index contributed by atoms with van der Waals surface area (Å²) < 4.78 is 4.71. The van der Waals surface area contributed by atoms with Crippen LogP contribution in [0.5, 0.6) is 0 Å². The van der Waals surface area contributed by atoms with Crippen molar-refractivity contribution in [1.82, 2.24) is 10.3 Å². The van der Waals surface area contributed by atoms with Crippen LogP contribution in [0.2, 0.25) is 0 Å². The van der Waals surface area contributed by atoms with Crippen molar-refractivity contribution in [2.24, 2.45) is 0 Å². The second-order valence-corrected chi connectivity index (χ2v) is 6.08. The number of rotatable bonds is 5. The molecule has 0 unspecified atom stereocenters. The maximum absolute atomic E-state index is 12.2. The number of amides is 1. The number of carbonyl (C=O) groups excluding carboxylic acids is 2. The minimum atomic E-state index is -0.388. The fourth-order valence-electron chi connectivity index (χ4n) is 2.94. The summed E-state index contributed by atoms with van der Waals surface area (Å²) >= 11 is 0. The Labute approximate surface area is 146 Å². The number of nitrogens with zero attached hydrogens (tertiary/aromatic N) is 1. The molecular formula is C19H21N3O3. The molecule has 25 heavy (non-hydrogen) atoms. The molecule has 1 heterocycles. The highest BCUT2D eigenvalue weighted by atomic mass is 16.5. The van der Waals surface area contributed by atoms with Crippen molar-refractivity contribution in [3.05, 3.63) is 53.9 Å². The van der Waals surface area contributed by atoms with Crippen LogP contribution in [0.3, 0.4) is 0 Å². The molecule has 2 N–H and O–H groups in total. The van der Waals surface area contributed by atoms with E-state index in [-0.39, 0.29) is 17.9 Å². The Hall–Kier alpha value is -2.89. The Balaban J connectivity index is 1.64. The zero-order valence-corrected chi connectivity index (χ0v) is 14.1. The summed E-state index contributed by atoms with van der Waals surface area (Å²) in [5.74, 6) is -0.521. The first-order valence-corrected chi connectivity index (χ1v) is 8.38. The number of benzene rings is 1. The van der Waals surface area contributed by atoms with Gasteiger partial charge in [0.2, 0.25) is 0 Å². The fraction of sp³-hybridized carbons (Fsp3) is 0.316. The van der Waals surface area contributed by atoms with E-state index in [1.54, 1.807) is 36.5 Å². The van der Waals surface area contributed by atoms with Crippen molar-refractivity contribution >= 4 is 23.3 Å². The number of hydrogen-bond acceptors (Lipinski definition) is 5. The summed E-state index contributed by atoms with van der Waals surface area (Å²) in [6.07, 6.45) is 6.04. The first-order valence-electron chi connectivity index (χ1n) is 8.38. The Bertz CT molecular complexity index is 753. The molecule has 0 saturated heterocycles. The van der Waals surface area contributed by atoms with Gasteiger partial charge < -0.3 is 15.4 Å². The van der Waals surface area contributed by atoms with Gasteiger partial charge in [-0.1, -0.05) is 18.9 Å². The molecule has 1 saturated carbocycles. The molecular weight excluding hydrogens is 318 g/mol. The lowest BCUT2D eigenvalue weighted by atomic mass is 10.2. The molecule has 0 aliphatic heterocycles. The van der Waals surface area contributed by atoms with Gasteiger partial charge in [0, 0.05) is 11.7 Å². The van der Waals surface area contributed by atoms with Crippen molar-refractivity contribution in [3.63, 3.8) is 0 Å². The average molecular weight is 339 g/mol. The van der Waals surface area contributed by atoms with Crippen molar-refractivity contribution in [2.45, 2.75) is 31.7 Å². The number of carbonyl (C=O) groups is 2. The van der Waals surface area contributed by atoms with Crippen LogP contribution < -0.4 is 10.6 Å². The molecule has 1 fully saturated rings. The normalized spacial score (nSPS) is 14.1. The third-order valence-corrected chi connectivity index (χ3v) is 4.26. The predicted octanol–water partition coefficient (Wildman–Crippen LogP) is 3.28. The lowest BCUT2D eigenvalue weighted by molar-refractivity contribution is 0.0600. The molecule has 6 heteroatoms. The van der Waals surface area contributed by atoms with Crippen molar-refractivity contribution in [2.75, 3.05) is 12.4 Å². The number of methoxy groups -OCH3 is 1. The van der Waals surface area contributed by atoms with Gasteiger partial charge in [-0.15, -0.1) is 0 Å². The molecule has 1 aliphatic carbocycles. The number of esters is 1. The summed E-state index contributed by atoms with van der Waals surface area (Å²) in [6.45, 7) is 0. The van der Waals surface area contributed by atoms with Crippen LogP contribution in [-0.2, 0) is 4.74 Å². The minimum Gasteiger partial charge on any atom is -0.465 e. The van der Waals surface area contributed by atoms with E-state index in [1.807, 2.05) is 6.07 Å². The Morgan fingerprint density at radius 1 is 1.12 bits per heavy atom. The third kappa shape index (κ3) is 4.35. The molecule has 1 aromatic carbocycles. The van der Waals surface area contributed by atoms with E-state index in [0.717, 1.165) is 24.2 Å². The third-order valence-electron chi connectivity index (χ3n) is 4.26. The second kappa shape index (κ2) is 7.79. The summed E-state index contributed by atoms with van der Waals surface area (Å²) in [4.78, 5) is 28.0. The van der Waals surface area contributed by atoms with Crippen LogP contribution >= 0.6 is 0 Å². The van der Waals surface area contributed by atoms with Crippen molar-refractivity contribution in [3.8, 4) is 0 Å². The zero-order valence-electron chi connectivity index (χ0n) is 14.1. The highest BCUT2D eigenvalue weighted by Crippen LogP contribution is 2.19. The smallest absolute Gasteiger partial charge is 0.337 e. The largest absolute Gasteiger partial charge is 0.465 e. The van der Waals surface area contributed by atoms with Gasteiger partial charge in [-0.25, -0.2) is 9.78 Å². The summed E-state index contributed by atoms with van der Waals surface area (Å²) in [5.41, 5.74) is 2.35. The van der Waals surface area contributed by atoms with E-state index < -0.39 is 0 Å². The highest BCUT2D eigenvalue weighted by molar-refractivity contribution is 5.93. The first-order chi connectivity index (χ1) is 12.2. The molecule has 0 bridgehead atoms. The Morgan fingerprint density at radius 3 is 2.60 bits per heavy atom. The first kappa shape index (κ1) is 17.0. The minimum absolute atomic E-state index is 0.133. The monoisotopic (exact) mass is 339 g/mol. The van der Waals surface area contributed by atoms with Crippen LogP contribution in [-0.4, -0.2) is 30.0 Å². The van der Waals surface area contributed by atoms with E-state index in [0.29, 0.717) is 11.3 Å². The van der Waals surface area contributed by atoms with Gasteiger partial charge in [-0.3, -0.25) is 4.79 Å². The molecule has 1 aromatic heterocycles. The second-order valence-electron chi connectivity index (χ2n) is 6.08.